The number of morpholine rings is 1. The Morgan fingerprint density at radius 1 is 1.40 bits per heavy atom. The Morgan fingerprint density at radius 2 is 2.40 bits per heavy atom. The average Bonchev–Trinajstić information content (AvgIpc) is 3.18. The van der Waals surface area contributed by atoms with Gasteiger partial charge < -0.3 is 9.64 Å². The van der Waals surface area contributed by atoms with Crippen LogP contribution in [0.3, 0.4) is 0 Å². The predicted octanol–water partition coefficient (Wildman–Crippen LogP) is 1.99. The molecule has 0 bridgehead atoms. The maximum Gasteiger partial charge on any atom is 0.160 e. The van der Waals surface area contributed by atoms with Gasteiger partial charge >= 0.3 is 0 Å². The first kappa shape index (κ1) is 11.8. The standard InChI is InChI=1S/C13H13N5OS/c1-2-11(20-5-1)10-7-18(3-4-19-10)13-9-6-16-17-12(9)14-8-15-13/h1-2,5-6,8,10H,3-4,7H2,(H,14,15,16,17). The molecule has 6 nitrogen and oxygen atoms in total. The average molecular weight is 287 g/mol. The summed E-state index contributed by atoms with van der Waals surface area (Å²) in [5.74, 6) is 0.925. The number of ether oxygens (including phenoxy) is 1. The first-order valence-corrected chi connectivity index (χ1v) is 7.34. The van der Waals surface area contributed by atoms with E-state index in [1.54, 1.807) is 23.9 Å². The zero-order chi connectivity index (χ0) is 13.4. The molecule has 0 saturated carbocycles. The maximum atomic E-state index is 5.87. The van der Waals surface area contributed by atoms with Crippen molar-refractivity contribution >= 4 is 28.2 Å². The normalized spacial score (nSPS) is 19.6. The number of aromatic amines is 1. The van der Waals surface area contributed by atoms with Crippen molar-refractivity contribution in [3.8, 4) is 0 Å². The summed E-state index contributed by atoms with van der Waals surface area (Å²) in [6.07, 6.45) is 3.46. The molecular formula is C13H13N5OS. The second-order valence-electron chi connectivity index (χ2n) is 4.65. The summed E-state index contributed by atoms with van der Waals surface area (Å²) in [6, 6.07) is 4.17. The van der Waals surface area contributed by atoms with Gasteiger partial charge in [0, 0.05) is 11.4 Å². The van der Waals surface area contributed by atoms with E-state index < -0.39 is 0 Å². The van der Waals surface area contributed by atoms with Gasteiger partial charge in [0.25, 0.3) is 0 Å². The number of aromatic nitrogens is 4. The Bertz CT molecular complexity index is 710. The van der Waals surface area contributed by atoms with Crippen LogP contribution >= 0.6 is 11.3 Å². The Morgan fingerprint density at radius 3 is 3.30 bits per heavy atom. The lowest BCUT2D eigenvalue weighted by atomic mass is 10.2. The SMILES string of the molecule is c1csc(C2CN(c3ncnc4[nH]ncc34)CCO2)c1. The minimum Gasteiger partial charge on any atom is -0.369 e. The van der Waals surface area contributed by atoms with E-state index in [0.717, 1.165) is 29.9 Å². The van der Waals surface area contributed by atoms with Crippen LogP contribution in [0, 0.1) is 0 Å². The van der Waals surface area contributed by atoms with Crippen LogP contribution in [-0.4, -0.2) is 39.9 Å². The minimum absolute atomic E-state index is 0.112. The number of anilines is 1. The van der Waals surface area contributed by atoms with Crippen molar-refractivity contribution in [3.05, 3.63) is 34.9 Å². The summed E-state index contributed by atoms with van der Waals surface area (Å²) in [4.78, 5) is 12.1. The van der Waals surface area contributed by atoms with Crippen LogP contribution in [0.2, 0.25) is 0 Å². The molecule has 1 atom stereocenters. The van der Waals surface area contributed by atoms with Crippen LogP contribution in [0.25, 0.3) is 11.0 Å². The lowest BCUT2D eigenvalue weighted by Gasteiger charge is -2.33. The molecule has 0 radical (unpaired) electrons. The summed E-state index contributed by atoms with van der Waals surface area (Å²) < 4.78 is 5.87. The summed E-state index contributed by atoms with van der Waals surface area (Å²) in [5, 5.41) is 9.96. The van der Waals surface area contributed by atoms with E-state index in [2.05, 4.69) is 42.6 Å². The van der Waals surface area contributed by atoms with Gasteiger partial charge in [0.15, 0.2) is 5.65 Å². The highest BCUT2D eigenvalue weighted by Gasteiger charge is 2.25. The monoisotopic (exact) mass is 287 g/mol. The molecule has 1 unspecified atom stereocenters. The maximum absolute atomic E-state index is 5.87. The van der Waals surface area contributed by atoms with Crippen molar-refractivity contribution in [1.82, 2.24) is 20.2 Å². The second kappa shape index (κ2) is 4.84. The van der Waals surface area contributed by atoms with Crippen molar-refractivity contribution in [2.75, 3.05) is 24.6 Å². The minimum atomic E-state index is 0.112. The number of hydrogen-bond donors (Lipinski definition) is 1. The first-order chi connectivity index (χ1) is 9.92. The highest BCUT2D eigenvalue weighted by atomic mass is 32.1. The van der Waals surface area contributed by atoms with Crippen LogP contribution < -0.4 is 4.90 Å². The van der Waals surface area contributed by atoms with E-state index in [1.165, 1.54) is 4.88 Å². The zero-order valence-electron chi connectivity index (χ0n) is 10.7. The van der Waals surface area contributed by atoms with Gasteiger partial charge in [-0.15, -0.1) is 11.3 Å². The number of H-pyrrole nitrogens is 1. The number of hydrogen-bond acceptors (Lipinski definition) is 6. The van der Waals surface area contributed by atoms with Crippen molar-refractivity contribution in [1.29, 1.82) is 0 Å². The molecule has 0 spiro atoms. The van der Waals surface area contributed by atoms with Gasteiger partial charge in [0.05, 0.1) is 24.7 Å². The molecule has 1 fully saturated rings. The van der Waals surface area contributed by atoms with E-state index >= 15 is 0 Å². The fraction of sp³-hybridized carbons (Fsp3) is 0.308. The van der Waals surface area contributed by atoms with Gasteiger partial charge in [0.1, 0.15) is 18.2 Å². The van der Waals surface area contributed by atoms with E-state index in [0.29, 0.717) is 6.61 Å². The van der Waals surface area contributed by atoms with E-state index in [1.807, 2.05) is 0 Å². The molecule has 4 rings (SSSR count). The van der Waals surface area contributed by atoms with E-state index in [-0.39, 0.29) is 6.10 Å². The van der Waals surface area contributed by atoms with Crippen LogP contribution in [0.4, 0.5) is 5.82 Å². The van der Waals surface area contributed by atoms with Crippen molar-refractivity contribution in [2.45, 2.75) is 6.10 Å². The Balaban J connectivity index is 1.66. The molecule has 20 heavy (non-hydrogen) atoms. The topological polar surface area (TPSA) is 66.9 Å². The fourth-order valence-electron chi connectivity index (χ4n) is 2.49. The Hall–Kier alpha value is -1.99. The van der Waals surface area contributed by atoms with Gasteiger partial charge in [-0.05, 0) is 11.4 Å². The van der Waals surface area contributed by atoms with Crippen LogP contribution in [0.1, 0.15) is 11.0 Å². The summed E-state index contributed by atoms with van der Waals surface area (Å²) in [5.41, 5.74) is 0.772. The molecule has 3 aromatic heterocycles. The summed E-state index contributed by atoms with van der Waals surface area (Å²) >= 11 is 1.73. The molecule has 0 aliphatic carbocycles. The number of rotatable bonds is 2. The molecule has 1 aliphatic rings. The molecule has 1 saturated heterocycles. The number of nitrogens with zero attached hydrogens (tertiary/aromatic N) is 4. The van der Waals surface area contributed by atoms with Crippen LogP contribution in [-0.2, 0) is 4.74 Å². The molecule has 3 aromatic rings. The van der Waals surface area contributed by atoms with Crippen molar-refractivity contribution < 1.29 is 4.74 Å². The van der Waals surface area contributed by atoms with Crippen molar-refractivity contribution in [2.24, 2.45) is 0 Å². The highest BCUT2D eigenvalue weighted by molar-refractivity contribution is 7.10. The highest BCUT2D eigenvalue weighted by Crippen LogP contribution is 2.30. The van der Waals surface area contributed by atoms with Gasteiger partial charge in [-0.1, -0.05) is 6.07 Å². The smallest absolute Gasteiger partial charge is 0.160 e. The molecule has 0 aromatic carbocycles. The van der Waals surface area contributed by atoms with Gasteiger partial charge in [-0.3, -0.25) is 5.10 Å². The third kappa shape index (κ3) is 1.95. The first-order valence-electron chi connectivity index (χ1n) is 6.46. The fourth-order valence-corrected chi connectivity index (χ4v) is 3.26. The van der Waals surface area contributed by atoms with Gasteiger partial charge in [-0.25, -0.2) is 9.97 Å². The van der Waals surface area contributed by atoms with E-state index in [9.17, 15) is 0 Å². The number of nitrogens with one attached hydrogen (secondary N) is 1. The predicted molar refractivity (Wildman–Crippen MR) is 76.9 cm³/mol. The summed E-state index contributed by atoms with van der Waals surface area (Å²) in [7, 11) is 0. The Labute approximate surface area is 119 Å². The lowest BCUT2D eigenvalue weighted by molar-refractivity contribution is 0.0419. The molecule has 7 heteroatoms. The lowest BCUT2D eigenvalue weighted by Crippen LogP contribution is -2.38. The largest absolute Gasteiger partial charge is 0.369 e. The van der Waals surface area contributed by atoms with Gasteiger partial charge in [-0.2, -0.15) is 5.10 Å². The molecule has 102 valence electrons. The third-order valence-electron chi connectivity index (χ3n) is 3.45. The Kier molecular flexibility index (Phi) is 2.86. The number of fused-ring (bicyclic) bond motifs is 1. The third-order valence-corrected chi connectivity index (χ3v) is 4.42. The zero-order valence-corrected chi connectivity index (χ0v) is 11.5. The molecule has 4 heterocycles. The quantitative estimate of drug-likeness (QED) is 0.780. The molecular weight excluding hydrogens is 274 g/mol. The molecule has 1 N–H and O–H groups in total. The summed E-state index contributed by atoms with van der Waals surface area (Å²) in [6.45, 7) is 2.34. The molecule has 1 aliphatic heterocycles. The second-order valence-corrected chi connectivity index (χ2v) is 5.63. The van der Waals surface area contributed by atoms with Crippen LogP contribution in [0.15, 0.2) is 30.0 Å². The van der Waals surface area contributed by atoms with E-state index in [4.69, 9.17) is 4.74 Å². The molecule has 0 amide bonds. The van der Waals surface area contributed by atoms with Gasteiger partial charge in [0.2, 0.25) is 0 Å². The van der Waals surface area contributed by atoms with Crippen molar-refractivity contribution in [3.63, 3.8) is 0 Å². The van der Waals surface area contributed by atoms with Crippen LogP contribution in [0.5, 0.6) is 0 Å². The number of thiophene rings is 1.